The van der Waals surface area contributed by atoms with E-state index in [9.17, 15) is 0 Å². The van der Waals surface area contributed by atoms with Gasteiger partial charge in [-0.1, -0.05) is 20.3 Å². The number of fused-ring (bicyclic) bond motifs is 1. The summed E-state index contributed by atoms with van der Waals surface area (Å²) >= 11 is 0. The van der Waals surface area contributed by atoms with Crippen LogP contribution in [0.4, 0.5) is 0 Å². The van der Waals surface area contributed by atoms with Crippen molar-refractivity contribution in [2.45, 2.75) is 32.7 Å². The zero-order valence-electron chi connectivity index (χ0n) is 8.92. The molecule has 2 rings (SSSR count). The lowest BCUT2D eigenvalue weighted by molar-refractivity contribution is 0.217. The maximum absolute atomic E-state index is 3.50. The smallest absolute Gasteiger partial charge is 0.0261 e. The van der Waals surface area contributed by atoms with E-state index in [1.165, 1.54) is 39.0 Å². The van der Waals surface area contributed by atoms with Gasteiger partial charge in [-0.2, -0.15) is 0 Å². The number of nitrogens with zero attached hydrogens (tertiary/aromatic N) is 1. The van der Waals surface area contributed by atoms with Crippen molar-refractivity contribution in [2.75, 3.05) is 26.2 Å². The fraction of sp³-hybridized carbons (Fsp3) is 1.00. The van der Waals surface area contributed by atoms with E-state index in [2.05, 4.69) is 24.1 Å². The summed E-state index contributed by atoms with van der Waals surface area (Å²) < 4.78 is 0. The van der Waals surface area contributed by atoms with E-state index in [1.54, 1.807) is 0 Å². The Kier molecular flexibility index (Phi) is 2.89. The van der Waals surface area contributed by atoms with Gasteiger partial charge in [0.15, 0.2) is 0 Å². The third kappa shape index (κ3) is 1.89. The molecule has 0 amide bonds. The molecular weight excluding hydrogens is 160 g/mol. The van der Waals surface area contributed by atoms with Crippen LogP contribution < -0.4 is 5.32 Å². The molecule has 0 aromatic heterocycles. The van der Waals surface area contributed by atoms with Gasteiger partial charge < -0.3 is 5.32 Å². The lowest BCUT2D eigenvalue weighted by atomic mass is 10.0. The van der Waals surface area contributed by atoms with Crippen molar-refractivity contribution in [3.8, 4) is 0 Å². The second-order valence-electron chi connectivity index (χ2n) is 4.78. The van der Waals surface area contributed by atoms with Gasteiger partial charge >= 0.3 is 0 Å². The van der Waals surface area contributed by atoms with E-state index >= 15 is 0 Å². The highest BCUT2D eigenvalue weighted by molar-refractivity contribution is 4.94. The quantitative estimate of drug-likeness (QED) is 0.708. The number of rotatable bonds is 3. The average molecular weight is 182 g/mol. The van der Waals surface area contributed by atoms with Gasteiger partial charge in [-0.25, -0.2) is 0 Å². The minimum atomic E-state index is 0.869. The van der Waals surface area contributed by atoms with Gasteiger partial charge in [0, 0.05) is 19.1 Å². The maximum atomic E-state index is 3.50. The van der Waals surface area contributed by atoms with E-state index < -0.39 is 0 Å². The summed E-state index contributed by atoms with van der Waals surface area (Å²) in [5.41, 5.74) is 0. The molecule has 2 fully saturated rings. The summed E-state index contributed by atoms with van der Waals surface area (Å²) in [6.45, 7) is 9.84. The minimum absolute atomic E-state index is 0.869. The number of nitrogens with one attached hydrogen (secondary N) is 1. The second kappa shape index (κ2) is 3.97. The van der Waals surface area contributed by atoms with E-state index in [-0.39, 0.29) is 0 Å². The third-order valence-electron chi connectivity index (χ3n) is 3.80. The van der Waals surface area contributed by atoms with Crippen LogP contribution in [0.15, 0.2) is 0 Å². The molecule has 0 radical (unpaired) electrons. The lowest BCUT2D eigenvalue weighted by Gasteiger charge is -2.25. The summed E-state index contributed by atoms with van der Waals surface area (Å²) in [7, 11) is 0. The van der Waals surface area contributed by atoms with Crippen LogP contribution in [0.5, 0.6) is 0 Å². The van der Waals surface area contributed by atoms with Crippen LogP contribution in [0.2, 0.25) is 0 Å². The molecule has 2 heteroatoms. The Morgan fingerprint density at radius 2 is 2.31 bits per heavy atom. The van der Waals surface area contributed by atoms with Crippen molar-refractivity contribution in [2.24, 2.45) is 11.8 Å². The van der Waals surface area contributed by atoms with Gasteiger partial charge in [-0.05, 0) is 31.3 Å². The third-order valence-corrected chi connectivity index (χ3v) is 3.80. The molecule has 3 atom stereocenters. The van der Waals surface area contributed by atoms with Crippen LogP contribution in [0.3, 0.4) is 0 Å². The molecule has 1 unspecified atom stereocenters. The Balaban J connectivity index is 1.86. The summed E-state index contributed by atoms with van der Waals surface area (Å²) in [6.07, 6.45) is 2.75. The molecule has 0 aromatic rings. The Morgan fingerprint density at radius 3 is 3.08 bits per heavy atom. The zero-order chi connectivity index (χ0) is 9.26. The van der Waals surface area contributed by atoms with Gasteiger partial charge in [0.05, 0.1) is 0 Å². The molecule has 2 aliphatic heterocycles. The molecule has 0 saturated carbocycles. The zero-order valence-corrected chi connectivity index (χ0v) is 8.92. The molecule has 2 heterocycles. The van der Waals surface area contributed by atoms with E-state index in [4.69, 9.17) is 0 Å². The molecule has 2 saturated heterocycles. The fourth-order valence-corrected chi connectivity index (χ4v) is 2.69. The highest BCUT2D eigenvalue weighted by Crippen LogP contribution is 2.27. The molecule has 0 bridgehead atoms. The molecule has 76 valence electrons. The summed E-state index contributed by atoms with van der Waals surface area (Å²) in [5, 5.41) is 3.50. The van der Waals surface area contributed by atoms with Crippen molar-refractivity contribution in [1.29, 1.82) is 0 Å². The van der Waals surface area contributed by atoms with Gasteiger partial charge in [0.1, 0.15) is 0 Å². The van der Waals surface area contributed by atoms with Gasteiger partial charge in [0.25, 0.3) is 0 Å². The van der Waals surface area contributed by atoms with Crippen LogP contribution in [0.25, 0.3) is 0 Å². The Morgan fingerprint density at radius 1 is 1.46 bits per heavy atom. The molecule has 2 nitrogen and oxygen atoms in total. The first-order chi connectivity index (χ1) is 6.31. The molecule has 1 N–H and O–H groups in total. The average Bonchev–Trinajstić information content (AvgIpc) is 2.69. The lowest BCUT2D eigenvalue weighted by Crippen LogP contribution is -2.37. The topological polar surface area (TPSA) is 15.3 Å². The van der Waals surface area contributed by atoms with Crippen molar-refractivity contribution >= 4 is 0 Å². The summed E-state index contributed by atoms with van der Waals surface area (Å²) in [5.74, 6) is 1.84. The molecule has 0 aliphatic carbocycles. The van der Waals surface area contributed by atoms with Crippen LogP contribution in [0, 0.1) is 11.8 Å². The Bertz CT molecular complexity index is 169. The summed E-state index contributed by atoms with van der Waals surface area (Å²) in [6, 6.07) is 0.869. The van der Waals surface area contributed by atoms with E-state index in [1.807, 2.05) is 0 Å². The minimum Gasteiger partial charge on any atom is -0.315 e. The van der Waals surface area contributed by atoms with Crippen LogP contribution in [-0.2, 0) is 0 Å². The first-order valence-electron chi connectivity index (χ1n) is 5.76. The van der Waals surface area contributed by atoms with Gasteiger partial charge in [-0.15, -0.1) is 0 Å². The second-order valence-corrected chi connectivity index (χ2v) is 4.78. The van der Waals surface area contributed by atoms with Crippen molar-refractivity contribution in [3.05, 3.63) is 0 Å². The highest BCUT2D eigenvalue weighted by Gasteiger charge is 2.37. The Labute approximate surface area is 81.7 Å². The molecular formula is C11H22N2. The highest BCUT2D eigenvalue weighted by atomic mass is 15.2. The Hall–Kier alpha value is -0.0800. The first-order valence-corrected chi connectivity index (χ1v) is 5.76. The summed E-state index contributed by atoms with van der Waals surface area (Å²) in [4.78, 5) is 2.71. The molecule has 0 spiro atoms. The maximum Gasteiger partial charge on any atom is 0.0261 e. The molecule has 2 aliphatic rings. The van der Waals surface area contributed by atoms with E-state index in [0.29, 0.717) is 0 Å². The first kappa shape index (κ1) is 9.47. The number of likely N-dealkylation sites (tertiary alicyclic amines) is 1. The normalized spacial score (nSPS) is 36.5. The van der Waals surface area contributed by atoms with Crippen LogP contribution in [-0.4, -0.2) is 37.1 Å². The van der Waals surface area contributed by atoms with Gasteiger partial charge in [0.2, 0.25) is 0 Å². The fourth-order valence-electron chi connectivity index (χ4n) is 2.69. The predicted molar refractivity (Wildman–Crippen MR) is 55.8 cm³/mol. The van der Waals surface area contributed by atoms with E-state index in [0.717, 1.165) is 17.9 Å². The standard InChI is InChI=1S/C11H22N2/c1-3-9(2)8-13-5-4-10-6-12-7-11(10)13/h9-12H,3-8H2,1-2H3/t9?,10-,11+/m0/s1. The van der Waals surface area contributed by atoms with Gasteiger partial charge in [-0.3, -0.25) is 4.90 Å². The van der Waals surface area contributed by atoms with Crippen molar-refractivity contribution < 1.29 is 0 Å². The predicted octanol–water partition coefficient (Wildman–Crippen LogP) is 1.33. The monoisotopic (exact) mass is 182 g/mol. The largest absolute Gasteiger partial charge is 0.315 e. The van der Waals surface area contributed by atoms with Crippen molar-refractivity contribution in [3.63, 3.8) is 0 Å². The van der Waals surface area contributed by atoms with Crippen LogP contribution in [0.1, 0.15) is 26.7 Å². The van der Waals surface area contributed by atoms with Crippen LogP contribution >= 0.6 is 0 Å². The van der Waals surface area contributed by atoms with Crippen molar-refractivity contribution in [1.82, 2.24) is 10.2 Å². The molecule has 13 heavy (non-hydrogen) atoms. The number of hydrogen-bond acceptors (Lipinski definition) is 2. The molecule has 0 aromatic carbocycles. The SMILES string of the molecule is CCC(C)CN1CC[C@H]2CNC[C@H]21. The number of hydrogen-bond donors (Lipinski definition) is 1.